The largest absolute Gasteiger partial charge is 0.396 e. The smallest absolute Gasteiger partial charge is 0.254 e. The van der Waals surface area contributed by atoms with E-state index in [4.69, 9.17) is 5.11 Å². The number of hydrogen-bond donors (Lipinski definition) is 1. The Balaban J connectivity index is 2.98. The van der Waals surface area contributed by atoms with E-state index in [-0.39, 0.29) is 18.6 Å². The third-order valence-electron chi connectivity index (χ3n) is 3.28. The molecule has 0 spiro atoms. The molecule has 1 amide bonds. The highest BCUT2D eigenvalue weighted by molar-refractivity contribution is 5.96. The number of carbonyl (C=O) groups is 1. The van der Waals surface area contributed by atoms with Gasteiger partial charge in [-0.2, -0.15) is 0 Å². The fourth-order valence-electron chi connectivity index (χ4n) is 1.97. The molecule has 1 aromatic rings. The summed E-state index contributed by atoms with van der Waals surface area (Å²) in [6, 6.07) is 5.95. The zero-order valence-corrected chi connectivity index (χ0v) is 11.7. The average Bonchev–Trinajstić information content (AvgIpc) is 2.32. The van der Waals surface area contributed by atoms with E-state index in [1.807, 2.05) is 50.8 Å². The van der Waals surface area contributed by atoms with Crippen molar-refractivity contribution in [1.82, 2.24) is 4.90 Å². The lowest BCUT2D eigenvalue weighted by Gasteiger charge is -2.27. The van der Waals surface area contributed by atoms with Gasteiger partial charge in [-0.3, -0.25) is 4.79 Å². The molecule has 1 aromatic carbocycles. The average molecular weight is 249 g/mol. The summed E-state index contributed by atoms with van der Waals surface area (Å²) in [5.74, 6) is 0.0552. The SMILES string of the molecule is Cc1cccc(C(=O)N(CCCO)C(C)C)c1C. The summed E-state index contributed by atoms with van der Waals surface area (Å²) in [4.78, 5) is 14.3. The molecule has 100 valence electrons. The van der Waals surface area contributed by atoms with Crippen LogP contribution in [0.5, 0.6) is 0 Å². The van der Waals surface area contributed by atoms with Crippen molar-refractivity contribution in [2.75, 3.05) is 13.2 Å². The van der Waals surface area contributed by atoms with Crippen LogP contribution in [-0.4, -0.2) is 35.1 Å². The molecule has 0 aliphatic rings. The van der Waals surface area contributed by atoms with Gasteiger partial charge in [-0.25, -0.2) is 0 Å². The van der Waals surface area contributed by atoms with Crippen LogP contribution >= 0.6 is 0 Å². The molecule has 0 aliphatic carbocycles. The number of carbonyl (C=O) groups excluding carboxylic acids is 1. The third-order valence-corrected chi connectivity index (χ3v) is 3.28. The summed E-state index contributed by atoms with van der Waals surface area (Å²) in [5, 5.41) is 8.91. The molecular formula is C15H23NO2. The topological polar surface area (TPSA) is 40.5 Å². The lowest BCUT2D eigenvalue weighted by atomic mass is 10.0. The van der Waals surface area contributed by atoms with Crippen LogP contribution in [0.25, 0.3) is 0 Å². The molecule has 0 saturated carbocycles. The first-order valence-corrected chi connectivity index (χ1v) is 6.47. The first kappa shape index (κ1) is 14.7. The third kappa shape index (κ3) is 3.33. The number of hydrogen-bond acceptors (Lipinski definition) is 2. The van der Waals surface area contributed by atoms with Crippen molar-refractivity contribution in [2.24, 2.45) is 0 Å². The van der Waals surface area contributed by atoms with Crippen LogP contribution in [0.4, 0.5) is 0 Å². The summed E-state index contributed by atoms with van der Waals surface area (Å²) in [7, 11) is 0. The lowest BCUT2D eigenvalue weighted by molar-refractivity contribution is 0.0692. The van der Waals surface area contributed by atoms with Gasteiger partial charge in [-0.05, 0) is 51.3 Å². The normalized spacial score (nSPS) is 10.8. The Kier molecular flexibility index (Phi) is 5.35. The summed E-state index contributed by atoms with van der Waals surface area (Å²) < 4.78 is 0. The molecule has 1 N–H and O–H groups in total. The fourth-order valence-corrected chi connectivity index (χ4v) is 1.97. The van der Waals surface area contributed by atoms with Crippen LogP contribution in [-0.2, 0) is 0 Å². The van der Waals surface area contributed by atoms with Crippen LogP contribution in [0.1, 0.15) is 41.8 Å². The minimum absolute atomic E-state index is 0.0552. The van der Waals surface area contributed by atoms with Gasteiger partial charge < -0.3 is 10.0 Å². The molecule has 0 unspecified atom stereocenters. The quantitative estimate of drug-likeness (QED) is 0.871. The first-order chi connectivity index (χ1) is 8.49. The highest BCUT2D eigenvalue weighted by atomic mass is 16.3. The standard InChI is InChI=1S/C15H23NO2/c1-11(2)16(9-6-10-17)15(18)14-8-5-7-12(3)13(14)4/h5,7-8,11,17H,6,9-10H2,1-4H3. The van der Waals surface area contributed by atoms with Crippen LogP contribution < -0.4 is 0 Å². The van der Waals surface area contributed by atoms with Gasteiger partial charge in [-0.1, -0.05) is 12.1 Å². The van der Waals surface area contributed by atoms with E-state index in [1.54, 1.807) is 0 Å². The Bertz CT molecular complexity index is 413. The number of aliphatic hydroxyl groups excluding tert-OH is 1. The summed E-state index contributed by atoms with van der Waals surface area (Å²) >= 11 is 0. The highest BCUT2D eigenvalue weighted by Crippen LogP contribution is 2.16. The van der Waals surface area contributed by atoms with Crippen LogP contribution in [0.2, 0.25) is 0 Å². The number of amides is 1. The van der Waals surface area contributed by atoms with E-state index in [1.165, 1.54) is 0 Å². The van der Waals surface area contributed by atoms with Gasteiger partial charge >= 0.3 is 0 Å². The van der Waals surface area contributed by atoms with Gasteiger partial charge in [0.05, 0.1) is 0 Å². The van der Waals surface area contributed by atoms with Crippen molar-refractivity contribution in [3.8, 4) is 0 Å². The molecule has 0 radical (unpaired) electrons. The lowest BCUT2D eigenvalue weighted by Crippen LogP contribution is -2.38. The van der Waals surface area contributed by atoms with Gasteiger partial charge in [0, 0.05) is 24.8 Å². The summed E-state index contributed by atoms with van der Waals surface area (Å²) in [6.45, 7) is 8.71. The van der Waals surface area contributed by atoms with E-state index in [9.17, 15) is 4.79 Å². The Labute approximate surface area is 109 Å². The van der Waals surface area contributed by atoms with E-state index in [2.05, 4.69) is 0 Å². The van der Waals surface area contributed by atoms with Crippen molar-refractivity contribution >= 4 is 5.91 Å². The van der Waals surface area contributed by atoms with Crippen molar-refractivity contribution < 1.29 is 9.90 Å². The molecule has 18 heavy (non-hydrogen) atoms. The maximum atomic E-state index is 12.5. The molecular weight excluding hydrogens is 226 g/mol. The molecule has 0 aromatic heterocycles. The second-order valence-electron chi connectivity index (χ2n) is 4.92. The minimum atomic E-state index is 0.0552. The van der Waals surface area contributed by atoms with Crippen LogP contribution in [0.3, 0.4) is 0 Å². The Hall–Kier alpha value is -1.35. The number of aryl methyl sites for hydroxylation is 1. The molecule has 1 rings (SSSR count). The zero-order chi connectivity index (χ0) is 13.7. The van der Waals surface area contributed by atoms with Gasteiger partial charge in [0.15, 0.2) is 0 Å². The molecule has 0 atom stereocenters. The van der Waals surface area contributed by atoms with Crippen LogP contribution in [0.15, 0.2) is 18.2 Å². The second kappa shape index (κ2) is 6.55. The fraction of sp³-hybridized carbons (Fsp3) is 0.533. The van der Waals surface area contributed by atoms with E-state index >= 15 is 0 Å². The van der Waals surface area contributed by atoms with E-state index < -0.39 is 0 Å². The Morgan fingerprint density at radius 1 is 1.33 bits per heavy atom. The van der Waals surface area contributed by atoms with Gasteiger partial charge in [0.25, 0.3) is 5.91 Å². The van der Waals surface area contributed by atoms with Crippen molar-refractivity contribution in [3.63, 3.8) is 0 Å². The van der Waals surface area contributed by atoms with Gasteiger partial charge in [0.1, 0.15) is 0 Å². The van der Waals surface area contributed by atoms with Crippen molar-refractivity contribution in [1.29, 1.82) is 0 Å². The monoisotopic (exact) mass is 249 g/mol. The first-order valence-electron chi connectivity index (χ1n) is 6.47. The number of aliphatic hydroxyl groups is 1. The van der Waals surface area contributed by atoms with Crippen molar-refractivity contribution in [2.45, 2.75) is 40.2 Å². The van der Waals surface area contributed by atoms with Crippen LogP contribution in [0, 0.1) is 13.8 Å². The molecule has 3 heteroatoms. The highest BCUT2D eigenvalue weighted by Gasteiger charge is 2.20. The van der Waals surface area contributed by atoms with Gasteiger partial charge in [-0.15, -0.1) is 0 Å². The van der Waals surface area contributed by atoms with Crippen molar-refractivity contribution in [3.05, 3.63) is 34.9 Å². The summed E-state index contributed by atoms with van der Waals surface area (Å²) in [5.41, 5.74) is 2.94. The Morgan fingerprint density at radius 3 is 2.56 bits per heavy atom. The maximum absolute atomic E-state index is 12.5. The summed E-state index contributed by atoms with van der Waals surface area (Å²) in [6.07, 6.45) is 0.620. The predicted molar refractivity (Wildman–Crippen MR) is 73.8 cm³/mol. The molecule has 0 heterocycles. The minimum Gasteiger partial charge on any atom is -0.396 e. The second-order valence-corrected chi connectivity index (χ2v) is 4.92. The number of benzene rings is 1. The van der Waals surface area contributed by atoms with E-state index in [0.717, 1.165) is 16.7 Å². The Morgan fingerprint density at radius 2 is 2.00 bits per heavy atom. The number of nitrogens with zero attached hydrogens (tertiary/aromatic N) is 1. The molecule has 0 aliphatic heterocycles. The molecule has 0 fully saturated rings. The zero-order valence-electron chi connectivity index (χ0n) is 11.7. The predicted octanol–water partition coefficient (Wildman–Crippen LogP) is 2.54. The number of rotatable bonds is 5. The maximum Gasteiger partial charge on any atom is 0.254 e. The molecule has 0 saturated heterocycles. The molecule has 3 nitrogen and oxygen atoms in total. The molecule has 0 bridgehead atoms. The van der Waals surface area contributed by atoms with E-state index in [0.29, 0.717) is 13.0 Å². The van der Waals surface area contributed by atoms with Gasteiger partial charge in [0.2, 0.25) is 0 Å².